The van der Waals surface area contributed by atoms with Crippen LogP contribution in [-0.4, -0.2) is 22.4 Å². The average Bonchev–Trinajstić information content (AvgIpc) is 2.46. The highest BCUT2D eigenvalue weighted by Gasteiger charge is 2.26. The fourth-order valence-corrected chi connectivity index (χ4v) is 2.50. The summed E-state index contributed by atoms with van der Waals surface area (Å²) in [5.74, 6) is 5.86. The van der Waals surface area contributed by atoms with Crippen molar-refractivity contribution in [1.29, 1.82) is 0 Å². The largest absolute Gasteiger partial charge is 0.389 e. The van der Waals surface area contributed by atoms with Crippen molar-refractivity contribution < 1.29 is 10.2 Å². The van der Waals surface area contributed by atoms with E-state index in [-0.39, 0.29) is 5.92 Å². The van der Waals surface area contributed by atoms with Gasteiger partial charge in [0.1, 0.15) is 6.10 Å². The number of rotatable bonds is 2. The molecule has 0 spiro atoms. The smallest absolute Gasteiger partial charge is 0.141 e. The summed E-state index contributed by atoms with van der Waals surface area (Å²) in [4.78, 5) is 0. The highest BCUT2D eigenvalue weighted by atomic mass is 16.3. The van der Waals surface area contributed by atoms with Crippen LogP contribution in [0.1, 0.15) is 37.7 Å². The van der Waals surface area contributed by atoms with Crippen LogP contribution < -0.4 is 0 Å². The molecular weight excluding hydrogens is 224 g/mol. The standard InChI is InChI=1S/C16H20O2/c17-15(12-11-13-7-3-1-4-8-13)16(18)14-9-5-2-6-10-14/h1,3-4,7-8,14-18H,2,5-6,9-10H2. The molecule has 1 aromatic carbocycles. The first kappa shape index (κ1) is 13.1. The lowest BCUT2D eigenvalue weighted by Gasteiger charge is -2.27. The van der Waals surface area contributed by atoms with Crippen LogP contribution in [0.5, 0.6) is 0 Å². The predicted octanol–water partition coefficient (Wildman–Crippen LogP) is 2.34. The molecular formula is C16H20O2. The van der Waals surface area contributed by atoms with E-state index in [1.807, 2.05) is 30.3 Å². The van der Waals surface area contributed by atoms with E-state index in [2.05, 4.69) is 11.8 Å². The summed E-state index contributed by atoms with van der Waals surface area (Å²) >= 11 is 0. The van der Waals surface area contributed by atoms with Gasteiger partial charge in [-0.25, -0.2) is 0 Å². The SMILES string of the molecule is OC(C#Cc1ccccc1)C(O)C1CCCCC1. The van der Waals surface area contributed by atoms with Crippen LogP contribution in [0.3, 0.4) is 0 Å². The molecule has 0 saturated heterocycles. The number of benzene rings is 1. The summed E-state index contributed by atoms with van der Waals surface area (Å²) in [5.41, 5.74) is 0.868. The van der Waals surface area contributed by atoms with E-state index in [9.17, 15) is 10.2 Å². The Bertz CT molecular complexity index is 410. The van der Waals surface area contributed by atoms with Crippen molar-refractivity contribution in [3.8, 4) is 11.8 Å². The van der Waals surface area contributed by atoms with Gasteiger partial charge in [0.2, 0.25) is 0 Å². The van der Waals surface area contributed by atoms with Gasteiger partial charge in [0.15, 0.2) is 0 Å². The van der Waals surface area contributed by atoms with Gasteiger partial charge in [-0.3, -0.25) is 0 Å². The predicted molar refractivity (Wildman–Crippen MR) is 71.9 cm³/mol. The van der Waals surface area contributed by atoms with E-state index in [1.165, 1.54) is 6.42 Å². The van der Waals surface area contributed by atoms with Gasteiger partial charge in [0.05, 0.1) is 6.10 Å². The highest BCUT2D eigenvalue weighted by molar-refractivity contribution is 5.34. The van der Waals surface area contributed by atoms with Crippen molar-refractivity contribution in [3.63, 3.8) is 0 Å². The maximum absolute atomic E-state index is 10.1. The number of hydrogen-bond donors (Lipinski definition) is 2. The van der Waals surface area contributed by atoms with Crippen LogP contribution in [0.2, 0.25) is 0 Å². The minimum absolute atomic E-state index is 0.207. The van der Waals surface area contributed by atoms with Gasteiger partial charge < -0.3 is 10.2 Å². The van der Waals surface area contributed by atoms with Gasteiger partial charge in [-0.1, -0.05) is 49.3 Å². The van der Waals surface area contributed by atoms with E-state index < -0.39 is 12.2 Å². The van der Waals surface area contributed by atoms with Gasteiger partial charge >= 0.3 is 0 Å². The van der Waals surface area contributed by atoms with Crippen LogP contribution in [0, 0.1) is 17.8 Å². The first-order valence-electron chi connectivity index (χ1n) is 6.70. The molecule has 0 aliphatic heterocycles. The average molecular weight is 244 g/mol. The Kier molecular flexibility index (Phi) is 4.81. The van der Waals surface area contributed by atoms with Crippen molar-refractivity contribution in [2.45, 2.75) is 44.3 Å². The molecule has 1 fully saturated rings. The van der Waals surface area contributed by atoms with E-state index in [0.717, 1.165) is 31.2 Å². The topological polar surface area (TPSA) is 40.5 Å². The molecule has 1 aliphatic carbocycles. The minimum atomic E-state index is -0.937. The molecule has 2 heteroatoms. The van der Waals surface area contributed by atoms with Crippen molar-refractivity contribution in [1.82, 2.24) is 0 Å². The fraction of sp³-hybridized carbons (Fsp3) is 0.500. The maximum atomic E-state index is 10.1. The van der Waals surface area contributed by atoms with E-state index >= 15 is 0 Å². The maximum Gasteiger partial charge on any atom is 0.141 e. The second kappa shape index (κ2) is 6.58. The van der Waals surface area contributed by atoms with E-state index in [0.29, 0.717) is 0 Å². The number of hydrogen-bond acceptors (Lipinski definition) is 2. The molecule has 1 saturated carbocycles. The van der Waals surface area contributed by atoms with Crippen molar-refractivity contribution >= 4 is 0 Å². The molecule has 0 aromatic heterocycles. The first-order chi connectivity index (χ1) is 8.77. The van der Waals surface area contributed by atoms with Gasteiger partial charge in [0.25, 0.3) is 0 Å². The van der Waals surface area contributed by atoms with Gasteiger partial charge in [0, 0.05) is 5.56 Å². The molecule has 96 valence electrons. The molecule has 1 aromatic rings. The Labute approximate surface area is 109 Å². The van der Waals surface area contributed by atoms with E-state index in [1.54, 1.807) is 0 Å². The van der Waals surface area contributed by atoms with Crippen LogP contribution in [0.25, 0.3) is 0 Å². The van der Waals surface area contributed by atoms with E-state index in [4.69, 9.17) is 0 Å². The molecule has 2 N–H and O–H groups in total. The molecule has 2 unspecified atom stereocenters. The second-order valence-corrected chi connectivity index (χ2v) is 4.97. The zero-order valence-electron chi connectivity index (χ0n) is 10.5. The molecule has 2 nitrogen and oxygen atoms in total. The Morgan fingerprint density at radius 2 is 1.67 bits per heavy atom. The summed E-state index contributed by atoms with van der Waals surface area (Å²) in [7, 11) is 0. The molecule has 2 rings (SSSR count). The molecule has 0 heterocycles. The monoisotopic (exact) mass is 244 g/mol. The lowest BCUT2D eigenvalue weighted by atomic mass is 9.83. The third-order valence-electron chi connectivity index (χ3n) is 3.59. The highest BCUT2D eigenvalue weighted by Crippen LogP contribution is 2.27. The van der Waals surface area contributed by atoms with Gasteiger partial charge in [-0.05, 0) is 30.9 Å². The summed E-state index contributed by atoms with van der Waals surface area (Å²) in [6, 6.07) is 9.54. The Hall–Kier alpha value is -1.30. The fourth-order valence-electron chi connectivity index (χ4n) is 2.50. The normalized spacial score (nSPS) is 19.7. The van der Waals surface area contributed by atoms with Crippen LogP contribution >= 0.6 is 0 Å². The van der Waals surface area contributed by atoms with Gasteiger partial charge in [-0.15, -0.1) is 0 Å². The Balaban J connectivity index is 1.94. The van der Waals surface area contributed by atoms with Crippen LogP contribution in [0.15, 0.2) is 30.3 Å². The minimum Gasteiger partial charge on any atom is -0.389 e. The van der Waals surface area contributed by atoms with Crippen molar-refractivity contribution in [2.75, 3.05) is 0 Å². The van der Waals surface area contributed by atoms with Gasteiger partial charge in [-0.2, -0.15) is 0 Å². The van der Waals surface area contributed by atoms with Crippen molar-refractivity contribution in [3.05, 3.63) is 35.9 Å². The molecule has 1 aliphatic rings. The lowest BCUT2D eigenvalue weighted by molar-refractivity contribution is 0.000693. The number of aliphatic hydroxyl groups excluding tert-OH is 2. The Morgan fingerprint density at radius 1 is 1.00 bits per heavy atom. The summed E-state index contributed by atoms with van der Waals surface area (Å²) < 4.78 is 0. The lowest BCUT2D eigenvalue weighted by Crippen LogP contribution is -2.33. The molecule has 0 bridgehead atoms. The second-order valence-electron chi connectivity index (χ2n) is 4.97. The Morgan fingerprint density at radius 3 is 2.33 bits per heavy atom. The van der Waals surface area contributed by atoms with Crippen molar-refractivity contribution in [2.24, 2.45) is 5.92 Å². The number of aliphatic hydroxyl groups is 2. The van der Waals surface area contributed by atoms with Crippen LogP contribution in [-0.2, 0) is 0 Å². The summed E-state index contributed by atoms with van der Waals surface area (Å²) in [5, 5.41) is 20.0. The molecule has 2 atom stereocenters. The third-order valence-corrected chi connectivity index (χ3v) is 3.59. The third kappa shape index (κ3) is 3.60. The summed E-state index contributed by atoms with van der Waals surface area (Å²) in [6.07, 6.45) is 3.92. The summed E-state index contributed by atoms with van der Waals surface area (Å²) in [6.45, 7) is 0. The molecule has 0 amide bonds. The molecule has 18 heavy (non-hydrogen) atoms. The first-order valence-corrected chi connectivity index (χ1v) is 6.70. The zero-order chi connectivity index (χ0) is 12.8. The quantitative estimate of drug-likeness (QED) is 0.784. The molecule has 0 radical (unpaired) electrons. The zero-order valence-corrected chi connectivity index (χ0v) is 10.5. The van der Waals surface area contributed by atoms with Crippen LogP contribution in [0.4, 0.5) is 0 Å².